The normalized spacial score (nSPS) is 10.8. The van der Waals surface area contributed by atoms with Crippen molar-refractivity contribution in [2.75, 3.05) is 10.6 Å². The molecule has 0 unspecified atom stereocenters. The van der Waals surface area contributed by atoms with Crippen LogP contribution in [0.3, 0.4) is 0 Å². The summed E-state index contributed by atoms with van der Waals surface area (Å²) in [5.41, 5.74) is 3.46. The average molecular weight is 370 g/mol. The Balaban J connectivity index is 1.76. The number of pyridine rings is 1. The Morgan fingerprint density at radius 2 is 1.64 bits per heavy atom. The molecule has 1 heterocycles. The number of nitrogens with zero attached hydrogens (tertiary/aromatic N) is 2. The minimum absolute atomic E-state index is 0.0793. The molecule has 140 valence electrons. The number of anilines is 3. The Labute approximate surface area is 165 Å². The first kappa shape index (κ1) is 19.1. The van der Waals surface area contributed by atoms with Crippen molar-refractivity contribution in [2.45, 2.75) is 26.2 Å². The minimum atomic E-state index is -0.215. The quantitative estimate of drug-likeness (QED) is 0.658. The highest BCUT2D eigenvalue weighted by atomic mass is 16.1. The van der Waals surface area contributed by atoms with E-state index in [1.54, 1.807) is 24.3 Å². The predicted molar refractivity (Wildman–Crippen MR) is 112 cm³/mol. The summed E-state index contributed by atoms with van der Waals surface area (Å²) in [5, 5.41) is 15.3. The molecule has 5 heteroatoms. The van der Waals surface area contributed by atoms with Gasteiger partial charge in [-0.15, -0.1) is 0 Å². The van der Waals surface area contributed by atoms with Gasteiger partial charge >= 0.3 is 0 Å². The highest BCUT2D eigenvalue weighted by molar-refractivity contribution is 6.04. The van der Waals surface area contributed by atoms with Crippen molar-refractivity contribution in [1.29, 1.82) is 5.26 Å². The van der Waals surface area contributed by atoms with E-state index in [0.29, 0.717) is 22.6 Å². The minimum Gasteiger partial charge on any atom is -0.339 e. The molecule has 0 spiro atoms. The zero-order chi connectivity index (χ0) is 20.1. The molecule has 0 aliphatic rings. The fraction of sp³-hybridized carbons (Fsp3) is 0.174. The molecule has 3 rings (SSSR count). The molecule has 3 aromatic rings. The van der Waals surface area contributed by atoms with E-state index in [-0.39, 0.29) is 11.3 Å². The average Bonchev–Trinajstić information content (AvgIpc) is 2.68. The SMILES string of the molecule is CC(C)(C)c1ccccc1NC(=O)c1ccc(Nc2ccccc2C#N)nc1. The lowest BCUT2D eigenvalue weighted by Crippen LogP contribution is -2.18. The Kier molecular flexibility index (Phi) is 5.42. The van der Waals surface area contributed by atoms with E-state index in [1.165, 1.54) is 6.20 Å². The number of hydrogen-bond donors (Lipinski definition) is 2. The monoisotopic (exact) mass is 370 g/mol. The second-order valence-electron chi connectivity index (χ2n) is 7.46. The second kappa shape index (κ2) is 7.93. The van der Waals surface area contributed by atoms with Crippen molar-refractivity contribution in [3.8, 4) is 6.07 Å². The third-order valence-corrected chi connectivity index (χ3v) is 4.32. The van der Waals surface area contributed by atoms with E-state index >= 15 is 0 Å². The van der Waals surface area contributed by atoms with Crippen molar-refractivity contribution in [1.82, 2.24) is 4.98 Å². The van der Waals surface area contributed by atoms with Crippen LogP contribution >= 0.6 is 0 Å². The summed E-state index contributed by atoms with van der Waals surface area (Å²) < 4.78 is 0. The van der Waals surface area contributed by atoms with Gasteiger partial charge in [-0.3, -0.25) is 4.79 Å². The van der Waals surface area contributed by atoms with Crippen molar-refractivity contribution in [2.24, 2.45) is 0 Å². The summed E-state index contributed by atoms with van der Waals surface area (Å²) in [6.45, 7) is 6.33. The van der Waals surface area contributed by atoms with Gasteiger partial charge in [0.25, 0.3) is 5.91 Å². The number of para-hydroxylation sites is 2. The van der Waals surface area contributed by atoms with Gasteiger partial charge in [-0.2, -0.15) is 5.26 Å². The molecular weight excluding hydrogens is 348 g/mol. The van der Waals surface area contributed by atoms with Gasteiger partial charge in [0.15, 0.2) is 0 Å². The molecule has 5 nitrogen and oxygen atoms in total. The maximum atomic E-state index is 12.6. The van der Waals surface area contributed by atoms with Crippen LogP contribution in [-0.4, -0.2) is 10.9 Å². The molecule has 0 radical (unpaired) electrons. The topological polar surface area (TPSA) is 77.8 Å². The zero-order valence-electron chi connectivity index (χ0n) is 16.2. The van der Waals surface area contributed by atoms with Gasteiger partial charge in [-0.25, -0.2) is 4.98 Å². The summed E-state index contributed by atoms with van der Waals surface area (Å²) in [4.78, 5) is 17.0. The van der Waals surface area contributed by atoms with Crippen LogP contribution in [0.4, 0.5) is 17.2 Å². The number of amides is 1. The fourth-order valence-electron chi connectivity index (χ4n) is 2.87. The molecule has 0 atom stereocenters. The van der Waals surface area contributed by atoms with E-state index in [1.807, 2.05) is 36.4 Å². The summed E-state index contributed by atoms with van der Waals surface area (Å²) in [6, 6.07) is 20.6. The highest BCUT2D eigenvalue weighted by Crippen LogP contribution is 2.29. The van der Waals surface area contributed by atoms with Crippen molar-refractivity contribution < 1.29 is 4.79 Å². The molecule has 28 heavy (non-hydrogen) atoms. The predicted octanol–water partition coefficient (Wildman–Crippen LogP) is 5.25. The van der Waals surface area contributed by atoms with Crippen LogP contribution in [0, 0.1) is 11.3 Å². The third-order valence-electron chi connectivity index (χ3n) is 4.32. The molecule has 1 amide bonds. The van der Waals surface area contributed by atoms with E-state index in [9.17, 15) is 4.79 Å². The van der Waals surface area contributed by atoms with Gasteiger partial charge in [0.05, 0.1) is 16.8 Å². The van der Waals surface area contributed by atoms with Gasteiger partial charge in [-0.05, 0) is 41.3 Å². The Morgan fingerprint density at radius 1 is 0.964 bits per heavy atom. The van der Waals surface area contributed by atoms with E-state index in [4.69, 9.17) is 5.26 Å². The van der Waals surface area contributed by atoms with Gasteiger partial charge < -0.3 is 10.6 Å². The molecule has 0 saturated carbocycles. The lowest BCUT2D eigenvalue weighted by Gasteiger charge is -2.23. The Bertz CT molecular complexity index is 1030. The standard InChI is InChI=1S/C23H22N4O/c1-23(2,3)18-9-5-7-11-20(18)27-22(28)17-12-13-21(25-15-17)26-19-10-6-4-8-16(19)14-24/h4-13,15H,1-3H3,(H,25,26)(H,27,28). The van der Waals surface area contributed by atoms with Crippen molar-refractivity contribution in [3.05, 3.63) is 83.6 Å². The largest absolute Gasteiger partial charge is 0.339 e. The number of aromatic nitrogens is 1. The van der Waals surface area contributed by atoms with E-state index < -0.39 is 0 Å². The van der Waals surface area contributed by atoms with Gasteiger partial charge in [0.1, 0.15) is 11.9 Å². The molecule has 1 aromatic heterocycles. The first-order chi connectivity index (χ1) is 13.4. The zero-order valence-corrected chi connectivity index (χ0v) is 16.2. The number of hydrogen-bond acceptors (Lipinski definition) is 4. The van der Waals surface area contributed by atoms with Crippen LogP contribution in [0.15, 0.2) is 66.9 Å². The third kappa shape index (κ3) is 4.36. The molecule has 0 fully saturated rings. The van der Waals surface area contributed by atoms with Crippen LogP contribution in [0.2, 0.25) is 0 Å². The summed E-state index contributed by atoms with van der Waals surface area (Å²) in [7, 11) is 0. The fourth-order valence-corrected chi connectivity index (χ4v) is 2.87. The Hall–Kier alpha value is -3.65. The number of benzene rings is 2. The molecule has 2 N–H and O–H groups in total. The second-order valence-corrected chi connectivity index (χ2v) is 7.46. The molecular formula is C23H22N4O. The van der Waals surface area contributed by atoms with Gasteiger partial charge in [-0.1, -0.05) is 51.1 Å². The van der Waals surface area contributed by atoms with Gasteiger partial charge in [0.2, 0.25) is 0 Å². The summed E-state index contributed by atoms with van der Waals surface area (Å²) >= 11 is 0. The maximum Gasteiger partial charge on any atom is 0.257 e. The number of carbonyl (C=O) groups excluding carboxylic acids is 1. The van der Waals surface area contributed by atoms with Crippen LogP contribution in [-0.2, 0) is 5.41 Å². The summed E-state index contributed by atoms with van der Waals surface area (Å²) in [5.74, 6) is 0.350. The molecule has 2 aromatic carbocycles. The maximum absolute atomic E-state index is 12.6. The molecule has 0 aliphatic heterocycles. The van der Waals surface area contributed by atoms with Crippen molar-refractivity contribution >= 4 is 23.1 Å². The lowest BCUT2D eigenvalue weighted by atomic mass is 9.86. The number of nitrogens with one attached hydrogen (secondary N) is 2. The number of carbonyl (C=O) groups is 1. The molecule has 0 bridgehead atoms. The van der Waals surface area contributed by atoms with Crippen LogP contribution in [0.25, 0.3) is 0 Å². The number of nitriles is 1. The Morgan fingerprint density at radius 3 is 2.29 bits per heavy atom. The van der Waals surface area contributed by atoms with Crippen LogP contribution in [0.1, 0.15) is 42.3 Å². The van der Waals surface area contributed by atoms with Crippen LogP contribution in [0.5, 0.6) is 0 Å². The summed E-state index contributed by atoms with van der Waals surface area (Å²) in [6.07, 6.45) is 1.52. The smallest absolute Gasteiger partial charge is 0.257 e. The van der Waals surface area contributed by atoms with E-state index in [2.05, 4.69) is 42.5 Å². The van der Waals surface area contributed by atoms with Crippen LogP contribution < -0.4 is 10.6 Å². The molecule has 0 aliphatic carbocycles. The lowest BCUT2D eigenvalue weighted by molar-refractivity contribution is 0.102. The van der Waals surface area contributed by atoms with Gasteiger partial charge in [0, 0.05) is 11.9 Å². The molecule has 0 saturated heterocycles. The first-order valence-corrected chi connectivity index (χ1v) is 9.01. The number of rotatable bonds is 4. The highest BCUT2D eigenvalue weighted by Gasteiger charge is 2.19. The van der Waals surface area contributed by atoms with Crippen molar-refractivity contribution in [3.63, 3.8) is 0 Å². The van der Waals surface area contributed by atoms with E-state index in [0.717, 1.165) is 11.3 Å². The first-order valence-electron chi connectivity index (χ1n) is 9.01.